The van der Waals surface area contributed by atoms with Gasteiger partial charge < -0.3 is 9.94 Å². The van der Waals surface area contributed by atoms with E-state index in [-0.39, 0.29) is 11.9 Å². The molecule has 110 valence electrons. The minimum atomic E-state index is -0.341. The monoisotopic (exact) mass is 279 g/mol. The van der Waals surface area contributed by atoms with Gasteiger partial charge in [0.05, 0.1) is 11.8 Å². The van der Waals surface area contributed by atoms with Gasteiger partial charge in [0, 0.05) is 11.6 Å². The topological polar surface area (TPSA) is 41.8 Å². The van der Waals surface area contributed by atoms with Crippen LogP contribution in [0.3, 0.4) is 0 Å². The van der Waals surface area contributed by atoms with E-state index >= 15 is 0 Å². The first-order valence-electron chi connectivity index (χ1n) is 7.14. The molecule has 0 radical (unpaired) electrons. The average molecular weight is 279 g/mol. The van der Waals surface area contributed by atoms with E-state index in [2.05, 4.69) is 19.0 Å². The van der Waals surface area contributed by atoms with Crippen LogP contribution in [0.4, 0.5) is 4.39 Å². The van der Waals surface area contributed by atoms with Crippen molar-refractivity contribution in [1.29, 1.82) is 0 Å². The minimum Gasteiger partial charge on any atom is -0.490 e. The summed E-state index contributed by atoms with van der Waals surface area (Å²) in [7, 11) is 0. The van der Waals surface area contributed by atoms with Crippen LogP contribution in [-0.4, -0.2) is 17.0 Å². The molecule has 1 fully saturated rings. The molecule has 4 heteroatoms. The Hall–Kier alpha value is -1.58. The van der Waals surface area contributed by atoms with E-state index in [4.69, 9.17) is 9.94 Å². The molecule has 3 nitrogen and oxygen atoms in total. The zero-order valence-corrected chi connectivity index (χ0v) is 12.3. The molecule has 0 aromatic heterocycles. The van der Waals surface area contributed by atoms with Crippen molar-refractivity contribution in [2.24, 2.45) is 17.0 Å². The lowest BCUT2D eigenvalue weighted by Crippen LogP contribution is -2.29. The van der Waals surface area contributed by atoms with E-state index in [1.165, 1.54) is 18.6 Å². The molecule has 2 rings (SSSR count). The van der Waals surface area contributed by atoms with E-state index in [1.807, 2.05) is 0 Å². The Morgan fingerprint density at radius 2 is 1.90 bits per heavy atom. The predicted molar refractivity (Wildman–Crippen MR) is 77.0 cm³/mol. The van der Waals surface area contributed by atoms with E-state index in [0.717, 1.165) is 12.8 Å². The molecular weight excluding hydrogens is 257 g/mol. The second-order valence-corrected chi connectivity index (χ2v) is 5.98. The molecule has 2 atom stereocenters. The lowest BCUT2D eigenvalue weighted by atomic mass is 9.82. The summed E-state index contributed by atoms with van der Waals surface area (Å²) in [6.45, 7) is 6.12. The summed E-state index contributed by atoms with van der Waals surface area (Å²) in [4.78, 5) is 0. The van der Waals surface area contributed by atoms with Gasteiger partial charge in [-0.1, -0.05) is 19.0 Å². The molecular formula is C16H22FNO2. The number of ether oxygens (including phenoxy) is 1. The van der Waals surface area contributed by atoms with Crippen molar-refractivity contribution in [3.63, 3.8) is 0 Å². The molecule has 0 amide bonds. The van der Waals surface area contributed by atoms with E-state index in [1.54, 1.807) is 13.0 Å². The molecule has 0 spiro atoms. The maximum Gasteiger partial charge on any atom is 0.131 e. The van der Waals surface area contributed by atoms with Gasteiger partial charge in [0.2, 0.25) is 0 Å². The van der Waals surface area contributed by atoms with E-state index in [9.17, 15) is 4.39 Å². The molecule has 20 heavy (non-hydrogen) atoms. The zero-order valence-electron chi connectivity index (χ0n) is 12.3. The molecule has 2 unspecified atom stereocenters. The molecule has 1 aliphatic rings. The molecule has 1 saturated carbocycles. The molecule has 0 bridgehead atoms. The van der Waals surface area contributed by atoms with Crippen LogP contribution in [0.15, 0.2) is 23.4 Å². The molecule has 0 saturated heterocycles. The third-order valence-corrected chi connectivity index (χ3v) is 3.91. The van der Waals surface area contributed by atoms with Gasteiger partial charge in [0.25, 0.3) is 0 Å². The predicted octanol–water partition coefficient (Wildman–Crippen LogP) is 4.23. The van der Waals surface area contributed by atoms with Crippen LogP contribution in [0.2, 0.25) is 0 Å². The van der Waals surface area contributed by atoms with Crippen molar-refractivity contribution < 1.29 is 14.3 Å². The number of oxime groups is 1. The Balaban J connectivity index is 2.21. The van der Waals surface area contributed by atoms with Crippen molar-refractivity contribution in [2.45, 2.75) is 46.1 Å². The number of rotatable bonds is 3. The molecule has 0 aliphatic heterocycles. The Morgan fingerprint density at radius 1 is 1.25 bits per heavy atom. The largest absolute Gasteiger partial charge is 0.490 e. The van der Waals surface area contributed by atoms with Crippen LogP contribution < -0.4 is 4.74 Å². The number of halogens is 1. The first-order valence-corrected chi connectivity index (χ1v) is 7.14. The van der Waals surface area contributed by atoms with Crippen LogP contribution in [0.1, 0.15) is 45.6 Å². The van der Waals surface area contributed by atoms with Crippen LogP contribution in [0, 0.1) is 17.7 Å². The normalized spacial score (nSPS) is 27.4. The summed E-state index contributed by atoms with van der Waals surface area (Å²) < 4.78 is 19.4. The van der Waals surface area contributed by atoms with Gasteiger partial charge >= 0.3 is 0 Å². The summed E-state index contributed by atoms with van der Waals surface area (Å²) >= 11 is 0. The highest BCUT2D eigenvalue weighted by Crippen LogP contribution is 2.32. The third kappa shape index (κ3) is 3.50. The van der Waals surface area contributed by atoms with Crippen molar-refractivity contribution in [3.05, 3.63) is 29.6 Å². The highest BCUT2D eigenvalue weighted by atomic mass is 19.1. The van der Waals surface area contributed by atoms with Crippen LogP contribution >= 0.6 is 0 Å². The summed E-state index contributed by atoms with van der Waals surface area (Å²) in [6.07, 6.45) is 3.28. The summed E-state index contributed by atoms with van der Waals surface area (Å²) in [5, 5.41) is 12.1. The lowest BCUT2D eigenvalue weighted by Gasteiger charge is -2.32. The van der Waals surface area contributed by atoms with Crippen LogP contribution in [0.25, 0.3) is 0 Å². The fourth-order valence-corrected chi connectivity index (χ4v) is 3.10. The number of benzene rings is 1. The number of hydrogen-bond acceptors (Lipinski definition) is 3. The van der Waals surface area contributed by atoms with Crippen LogP contribution in [0.5, 0.6) is 5.75 Å². The Kier molecular flexibility index (Phi) is 4.63. The highest BCUT2D eigenvalue weighted by Gasteiger charge is 2.26. The smallest absolute Gasteiger partial charge is 0.131 e. The molecule has 1 aliphatic carbocycles. The van der Waals surface area contributed by atoms with Gasteiger partial charge in [-0.2, -0.15) is 0 Å². The Bertz CT molecular complexity index is 491. The van der Waals surface area contributed by atoms with Gasteiger partial charge in [-0.15, -0.1) is 0 Å². The average Bonchev–Trinajstić information content (AvgIpc) is 2.37. The first-order chi connectivity index (χ1) is 9.49. The van der Waals surface area contributed by atoms with E-state index in [0.29, 0.717) is 28.9 Å². The van der Waals surface area contributed by atoms with Crippen molar-refractivity contribution >= 4 is 5.71 Å². The van der Waals surface area contributed by atoms with Gasteiger partial charge in [0.15, 0.2) is 0 Å². The lowest BCUT2D eigenvalue weighted by molar-refractivity contribution is 0.100. The van der Waals surface area contributed by atoms with Crippen LogP contribution in [-0.2, 0) is 0 Å². The number of nitrogens with zero attached hydrogens (tertiary/aromatic N) is 1. The van der Waals surface area contributed by atoms with Gasteiger partial charge in [-0.3, -0.25) is 0 Å². The maximum atomic E-state index is 13.4. The second-order valence-electron chi connectivity index (χ2n) is 5.98. The first kappa shape index (κ1) is 14.8. The zero-order chi connectivity index (χ0) is 14.7. The fourth-order valence-electron chi connectivity index (χ4n) is 3.10. The standard InChI is InChI=1S/C16H22FNO2/c1-10-6-11(2)8-14(7-10)20-16-9-13(17)4-5-15(16)12(3)18-19/h4-5,9-11,14,19H,6-8H2,1-3H3. The van der Waals surface area contributed by atoms with Gasteiger partial charge in [-0.25, -0.2) is 4.39 Å². The Labute approximate surface area is 119 Å². The molecule has 0 heterocycles. The van der Waals surface area contributed by atoms with Crippen molar-refractivity contribution in [3.8, 4) is 5.75 Å². The maximum absolute atomic E-state index is 13.4. The van der Waals surface area contributed by atoms with E-state index < -0.39 is 0 Å². The summed E-state index contributed by atoms with van der Waals surface area (Å²) in [5.74, 6) is 1.36. The SMILES string of the molecule is CC(=NO)c1ccc(F)cc1OC1CC(C)CC(C)C1. The van der Waals surface area contributed by atoms with Crippen molar-refractivity contribution in [1.82, 2.24) is 0 Å². The molecule has 1 aromatic carbocycles. The second kappa shape index (κ2) is 6.25. The minimum absolute atomic E-state index is 0.0980. The quantitative estimate of drug-likeness (QED) is 0.511. The Morgan fingerprint density at radius 3 is 2.50 bits per heavy atom. The summed E-state index contributed by atoms with van der Waals surface area (Å²) in [6, 6.07) is 4.31. The van der Waals surface area contributed by atoms with Gasteiger partial charge in [0.1, 0.15) is 11.6 Å². The molecule has 1 aromatic rings. The van der Waals surface area contributed by atoms with Crippen molar-refractivity contribution in [2.75, 3.05) is 0 Å². The molecule has 1 N–H and O–H groups in total. The summed E-state index contributed by atoms with van der Waals surface area (Å²) in [5.41, 5.74) is 1.07. The van der Waals surface area contributed by atoms with Gasteiger partial charge in [-0.05, 0) is 50.2 Å². The highest BCUT2D eigenvalue weighted by molar-refractivity contribution is 6.00. The fraction of sp³-hybridized carbons (Fsp3) is 0.562. The third-order valence-electron chi connectivity index (χ3n) is 3.91. The number of hydrogen-bond donors (Lipinski definition) is 1.